The summed E-state index contributed by atoms with van der Waals surface area (Å²) in [4.78, 5) is 18.0. The van der Waals surface area contributed by atoms with Gasteiger partial charge in [0.1, 0.15) is 5.82 Å². The monoisotopic (exact) mass is 303 g/mol. The van der Waals surface area contributed by atoms with Gasteiger partial charge in [-0.3, -0.25) is 4.79 Å². The molecular weight excluding hydrogens is 285 g/mol. The fourth-order valence-corrected chi connectivity index (χ4v) is 2.26. The van der Waals surface area contributed by atoms with Gasteiger partial charge < -0.3 is 9.42 Å². The van der Waals surface area contributed by atoms with Crippen LogP contribution in [0.4, 0.5) is 4.39 Å². The lowest BCUT2D eigenvalue weighted by Crippen LogP contribution is -2.28. The molecule has 3 rings (SSSR count). The van der Waals surface area contributed by atoms with Gasteiger partial charge in [0.05, 0.1) is 0 Å². The fraction of sp³-hybridized carbons (Fsp3) is 0.438. The van der Waals surface area contributed by atoms with Gasteiger partial charge in [-0.1, -0.05) is 17.3 Å². The SMILES string of the molecule is Cc1ccc(-c2noc(CCC(=O)N(C)C3CC3)n2)cc1F. The third-order valence-electron chi connectivity index (χ3n) is 3.94. The molecule has 1 fully saturated rings. The Labute approximate surface area is 128 Å². The minimum atomic E-state index is -0.301. The number of aromatic nitrogens is 2. The van der Waals surface area contributed by atoms with Crippen molar-refractivity contribution in [2.24, 2.45) is 0 Å². The zero-order valence-electron chi connectivity index (χ0n) is 12.7. The highest BCUT2D eigenvalue weighted by atomic mass is 19.1. The van der Waals surface area contributed by atoms with Crippen LogP contribution in [0.3, 0.4) is 0 Å². The van der Waals surface area contributed by atoms with E-state index in [1.165, 1.54) is 6.07 Å². The van der Waals surface area contributed by atoms with Crippen molar-refractivity contribution in [3.63, 3.8) is 0 Å². The second kappa shape index (κ2) is 5.87. The maximum Gasteiger partial charge on any atom is 0.227 e. The van der Waals surface area contributed by atoms with Gasteiger partial charge in [-0.25, -0.2) is 4.39 Å². The van der Waals surface area contributed by atoms with Crippen LogP contribution in [0.2, 0.25) is 0 Å². The molecule has 0 bridgehead atoms. The van der Waals surface area contributed by atoms with Gasteiger partial charge in [0, 0.05) is 31.5 Å². The Morgan fingerprint density at radius 1 is 1.45 bits per heavy atom. The Balaban J connectivity index is 1.63. The summed E-state index contributed by atoms with van der Waals surface area (Å²) in [6.07, 6.45) is 2.92. The number of carbonyl (C=O) groups is 1. The highest BCUT2D eigenvalue weighted by Crippen LogP contribution is 2.26. The summed E-state index contributed by atoms with van der Waals surface area (Å²) in [6.45, 7) is 1.70. The number of carbonyl (C=O) groups excluding carboxylic acids is 1. The molecule has 1 aromatic carbocycles. The molecule has 1 amide bonds. The van der Waals surface area contributed by atoms with Crippen molar-refractivity contribution >= 4 is 5.91 Å². The number of nitrogens with zero attached hydrogens (tertiary/aromatic N) is 3. The minimum absolute atomic E-state index is 0.0867. The number of hydrogen-bond donors (Lipinski definition) is 0. The number of amides is 1. The van der Waals surface area contributed by atoms with Crippen LogP contribution in [0.25, 0.3) is 11.4 Å². The maximum absolute atomic E-state index is 13.6. The molecule has 2 aromatic rings. The van der Waals surface area contributed by atoms with Gasteiger partial charge in [-0.2, -0.15) is 4.98 Å². The molecule has 1 aliphatic carbocycles. The van der Waals surface area contributed by atoms with Crippen LogP contribution in [0, 0.1) is 12.7 Å². The smallest absolute Gasteiger partial charge is 0.227 e. The van der Waals surface area contributed by atoms with E-state index in [1.54, 1.807) is 24.0 Å². The minimum Gasteiger partial charge on any atom is -0.343 e. The molecule has 0 atom stereocenters. The number of benzene rings is 1. The van der Waals surface area contributed by atoms with Crippen molar-refractivity contribution in [3.05, 3.63) is 35.5 Å². The normalized spacial score (nSPS) is 14.1. The molecule has 1 heterocycles. The third kappa shape index (κ3) is 3.16. The zero-order chi connectivity index (χ0) is 15.7. The van der Waals surface area contributed by atoms with Crippen LogP contribution < -0.4 is 0 Å². The van der Waals surface area contributed by atoms with Gasteiger partial charge >= 0.3 is 0 Å². The van der Waals surface area contributed by atoms with Crippen molar-refractivity contribution in [1.82, 2.24) is 15.0 Å². The Hall–Kier alpha value is -2.24. The lowest BCUT2D eigenvalue weighted by molar-refractivity contribution is -0.130. The van der Waals surface area contributed by atoms with Crippen molar-refractivity contribution in [2.75, 3.05) is 7.05 Å². The van der Waals surface area contributed by atoms with E-state index < -0.39 is 0 Å². The van der Waals surface area contributed by atoms with E-state index in [2.05, 4.69) is 10.1 Å². The summed E-state index contributed by atoms with van der Waals surface area (Å²) in [5.41, 5.74) is 1.14. The quantitative estimate of drug-likeness (QED) is 0.852. The summed E-state index contributed by atoms with van der Waals surface area (Å²) in [5.74, 6) is 0.527. The molecule has 5 nitrogen and oxygen atoms in total. The van der Waals surface area contributed by atoms with Crippen molar-refractivity contribution in [3.8, 4) is 11.4 Å². The molecule has 0 spiro atoms. The molecule has 1 aromatic heterocycles. The molecule has 0 N–H and O–H groups in total. The first-order valence-corrected chi connectivity index (χ1v) is 7.39. The third-order valence-corrected chi connectivity index (χ3v) is 3.94. The fourth-order valence-electron chi connectivity index (χ4n) is 2.26. The van der Waals surface area contributed by atoms with Gasteiger partial charge in [0.25, 0.3) is 0 Å². The van der Waals surface area contributed by atoms with E-state index in [1.807, 2.05) is 7.05 Å². The molecule has 1 aliphatic rings. The topological polar surface area (TPSA) is 59.2 Å². The summed E-state index contributed by atoms with van der Waals surface area (Å²) >= 11 is 0. The Kier molecular flexibility index (Phi) is 3.92. The number of aryl methyl sites for hydroxylation is 2. The molecule has 1 saturated carbocycles. The van der Waals surface area contributed by atoms with Crippen molar-refractivity contribution in [2.45, 2.75) is 38.6 Å². The van der Waals surface area contributed by atoms with E-state index in [0.29, 0.717) is 41.7 Å². The standard InChI is InChI=1S/C16H18FN3O2/c1-10-3-4-11(9-13(10)17)16-18-14(22-19-16)7-8-15(21)20(2)12-5-6-12/h3-4,9,12H,5-8H2,1-2H3. The average Bonchev–Trinajstić information content (AvgIpc) is 3.25. The second-order valence-electron chi connectivity index (χ2n) is 5.71. The zero-order valence-corrected chi connectivity index (χ0v) is 12.7. The van der Waals surface area contributed by atoms with Crippen LogP contribution in [0.1, 0.15) is 30.7 Å². The molecule has 116 valence electrons. The van der Waals surface area contributed by atoms with Gasteiger partial charge in [0.15, 0.2) is 0 Å². The highest BCUT2D eigenvalue weighted by molar-refractivity contribution is 5.76. The predicted molar refractivity (Wildman–Crippen MR) is 78.5 cm³/mol. The van der Waals surface area contributed by atoms with Crippen LogP contribution >= 0.6 is 0 Å². The average molecular weight is 303 g/mol. The lowest BCUT2D eigenvalue weighted by Gasteiger charge is -2.15. The maximum atomic E-state index is 13.6. The van der Waals surface area contributed by atoms with E-state index in [0.717, 1.165) is 12.8 Å². The number of hydrogen-bond acceptors (Lipinski definition) is 4. The molecule has 6 heteroatoms. The Bertz CT molecular complexity index is 694. The van der Waals surface area contributed by atoms with Crippen LogP contribution in [0.5, 0.6) is 0 Å². The largest absolute Gasteiger partial charge is 0.343 e. The summed E-state index contributed by atoms with van der Waals surface area (Å²) in [5, 5.41) is 3.85. The lowest BCUT2D eigenvalue weighted by atomic mass is 10.1. The highest BCUT2D eigenvalue weighted by Gasteiger charge is 2.29. The summed E-state index contributed by atoms with van der Waals surface area (Å²) < 4.78 is 18.7. The van der Waals surface area contributed by atoms with E-state index in [-0.39, 0.29) is 11.7 Å². The summed E-state index contributed by atoms with van der Waals surface area (Å²) in [7, 11) is 1.83. The van der Waals surface area contributed by atoms with Crippen LogP contribution in [-0.2, 0) is 11.2 Å². The second-order valence-corrected chi connectivity index (χ2v) is 5.71. The van der Waals surface area contributed by atoms with Gasteiger partial charge in [0.2, 0.25) is 17.6 Å². The molecule has 22 heavy (non-hydrogen) atoms. The molecule has 0 unspecified atom stereocenters. The molecular formula is C16H18FN3O2. The first-order valence-electron chi connectivity index (χ1n) is 7.39. The molecule has 0 aliphatic heterocycles. The van der Waals surface area contributed by atoms with Gasteiger partial charge in [-0.15, -0.1) is 0 Å². The van der Waals surface area contributed by atoms with Gasteiger partial charge in [-0.05, 0) is 31.4 Å². The molecule has 0 radical (unpaired) electrons. The first-order chi connectivity index (χ1) is 10.5. The summed E-state index contributed by atoms with van der Waals surface area (Å²) in [6, 6.07) is 5.21. The number of halogens is 1. The Morgan fingerprint density at radius 2 is 2.23 bits per heavy atom. The van der Waals surface area contributed by atoms with E-state index in [4.69, 9.17) is 4.52 Å². The first kappa shape index (κ1) is 14.7. The predicted octanol–water partition coefficient (Wildman–Crippen LogP) is 2.74. The van der Waals surface area contributed by atoms with Crippen LogP contribution in [-0.4, -0.2) is 34.0 Å². The molecule has 0 saturated heterocycles. The number of rotatable bonds is 5. The van der Waals surface area contributed by atoms with Crippen LogP contribution in [0.15, 0.2) is 22.7 Å². The van der Waals surface area contributed by atoms with Crippen molar-refractivity contribution in [1.29, 1.82) is 0 Å². The van der Waals surface area contributed by atoms with Crippen molar-refractivity contribution < 1.29 is 13.7 Å². The Morgan fingerprint density at radius 3 is 2.91 bits per heavy atom. The van der Waals surface area contributed by atoms with E-state index >= 15 is 0 Å². The van der Waals surface area contributed by atoms with E-state index in [9.17, 15) is 9.18 Å².